The fourth-order valence-corrected chi connectivity index (χ4v) is 1.72. The van der Waals surface area contributed by atoms with Crippen molar-refractivity contribution in [3.05, 3.63) is 24.0 Å². The molecule has 128 valence electrons. The molecule has 0 bridgehead atoms. The van der Waals surface area contributed by atoms with Gasteiger partial charge in [-0.15, -0.1) is 0 Å². The average Bonchev–Trinajstić information content (AvgIpc) is 2.42. The molecule has 0 aliphatic heterocycles. The summed E-state index contributed by atoms with van der Waals surface area (Å²) in [6, 6.07) is 4.18. The molecule has 0 aliphatic rings. The quantitative estimate of drug-likeness (QED) is 0.788. The molecule has 23 heavy (non-hydrogen) atoms. The largest absolute Gasteiger partial charge is 0.494 e. The van der Waals surface area contributed by atoms with E-state index in [2.05, 4.69) is 10.6 Å². The highest BCUT2D eigenvalue weighted by Crippen LogP contribution is 2.20. The summed E-state index contributed by atoms with van der Waals surface area (Å²) in [6.45, 7) is 5.63. The van der Waals surface area contributed by atoms with Crippen molar-refractivity contribution in [3.8, 4) is 5.75 Å². The van der Waals surface area contributed by atoms with Gasteiger partial charge in [0.2, 0.25) is 5.91 Å². The third-order valence-corrected chi connectivity index (χ3v) is 2.68. The third kappa shape index (κ3) is 7.49. The molecule has 1 aromatic carbocycles. The number of carbonyl (C=O) groups is 2. The van der Waals surface area contributed by atoms with Crippen LogP contribution in [0.3, 0.4) is 0 Å². The number of benzene rings is 1. The van der Waals surface area contributed by atoms with Gasteiger partial charge in [0.1, 0.15) is 5.60 Å². The molecule has 1 aromatic rings. The Balaban J connectivity index is 2.30. The Morgan fingerprint density at radius 3 is 2.52 bits per heavy atom. The first-order chi connectivity index (χ1) is 10.7. The van der Waals surface area contributed by atoms with E-state index in [-0.39, 0.29) is 18.1 Å². The number of ether oxygens (including phenoxy) is 2. The molecule has 0 saturated carbocycles. The summed E-state index contributed by atoms with van der Waals surface area (Å²) in [5.41, 5.74) is -0.201. The van der Waals surface area contributed by atoms with Gasteiger partial charge in [0.05, 0.1) is 7.11 Å². The fraction of sp³-hybridized carbons (Fsp3) is 0.500. The normalized spacial score (nSPS) is 10.8. The molecule has 0 aromatic heterocycles. The number of carbonyl (C=O) groups excluding carboxylic acids is 2. The molecule has 0 spiro atoms. The Morgan fingerprint density at radius 1 is 1.26 bits per heavy atom. The summed E-state index contributed by atoms with van der Waals surface area (Å²) in [5.74, 6) is -0.693. The fourth-order valence-electron chi connectivity index (χ4n) is 1.72. The van der Waals surface area contributed by atoms with Crippen molar-refractivity contribution < 1.29 is 23.5 Å². The van der Waals surface area contributed by atoms with Crippen molar-refractivity contribution in [2.75, 3.05) is 19.0 Å². The number of amides is 2. The smallest absolute Gasteiger partial charge is 0.407 e. The molecule has 1 rings (SSSR count). The SMILES string of the molecule is COc1ccc(NC(=O)CCCNC(=O)OC(C)(C)C)cc1F. The first-order valence-corrected chi connectivity index (χ1v) is 7.31. The molecule has 0 atom stereocenters. The zero-order chi connectivity index (χ0) is 17.5. The van der Waals surface area contributed by atoms with Crippen LogP contribution in [0.15, 0.2) is 18.2 Å². The zero-order valence-electron chi connectivity index (χ0n) is 13.9. The van der Waals surface area contributed by atoms with Crippen LogP contribution in [0.5, 0.6) is 5.75 Å². The number of halogens is 1. The number of anilines is 1. The van der Waals surface area contributed by atoms with E-state index < -0.39 is 17.5 Å². The van der Waals surface area contributed by atoms with E-state index >= 15 is 0 Å². The van der Waals surface area contributed by atoms with Crippen LogP contribution in [0.25, 0.3) is 0 Å². The molecular formula is C16H23FN2O4. The first-order valence-electron chi connectivity index (χ1n) is 7.31. The standard InChI is InChI=1S/C16H23FN2O4/c1-16(2,3)23-15(21)18-9-5-6-14(20)19-11-7-8-13(22-4)12(17)10-11/h7-8,10H,5-6,9H2,1-4H3,(H,18,21)(H,19,20). The number of hydrogen-bond donors (Lipinski definition) is 2. The molecule has 7 heteroatoms. The van der Waals surface area contributed by atoms with E-state index in [0.29, 0.717) is 18.7 Å². The number of methoxy groups -OCH3 is 1. The summed E-state index contributed by atoms with van der Waals surface area (Å²) >= 11 is 0. The summed E-state index contributed by atoms with van der Waals surface area (Å²) in [6.07, 6.45) is 0.128. The third-order valence-electron chi connectivity index (χ3n) is 2.68. The van der Waals surface area contributed by atoms with Crippen molar-refractivity contribution in [3.63, 3.8) is 0 Å². The zero-order valence-corrected chi connectivity index (χ0v) is 13.9. The Morgan fingerprint density at radius 2 is 1.96 bits per heavy atom. The van der Waals surface area contributed by atoms with E-state index in [1.165, 1.54) is 19.2 Å². The monoisotopic (exact) mass is 326 g/mol. The second-order valence-electron chi connectivity index (χ2n) is 5.93. The second-order valence-corrected chi connectivity index (χ2v) is 5.93. The Kier molecular flexibility index (Phi) is 6.81. The van der Waals surface area contributed by atoms with Crippen LogP contribution in [0.4, 0.5) is 14.9 Å². The van der Waals surface area contributed by atoms with Crippen molar-refractivity contribution in [2.45, 2.75) is 39.2 Å². The van der Waals surface area contributed by atoms with Gasteiger partial charge in [0.15, 0.2) is 11.6 Å². The van der Waals surface area contributed by atoms with Gasteiger partial charge in [-0.2, -0.15) is 0 Å². The van der Waals surface area contributed by atoms with Gasteiger partial charge < -0.3 is 20.1 Å². The Bertz CT molecular complexity index is 556. The molecule has 2 amide bonds. The number of rotatable bonds is 6. The molecule has 2 N–H and O–H groups in total. The maximum absolute atomic E-state index is 13.5. The molecule has 6 nitrogen and oxygen atoms in total. The lowest BCUT2D eigenvalue weighted by Gasteiger charge is -2.19. The highest BCUT2D eigenvalue weighted by Gasteiger charge is 2.15. The maximum Gasteiger partial charge on any atom is 0.407 e. The van der Waals surface area contributed by atoms with E-state index in [1.54, 1.807) is 26.8 Å². The first kappa shape index (κ1) is 18.7. The van der Waals surface area contributed by atoms with Crippen LogP contribution < -0.4 is 15.4 Å². The van der Waals surface area contributed by atoms with Gasteiger partial charge >= 0.3 is 6.09 Å². The molecule has 0 unspecified atom stereocenters. The topological polar surface area (TPSA) is 76.7 Å². The second kappa shape index (κ2) is 8.36. The lowest BCUT2D eigenvalue weighted by molar-refractivity contribution is -0.116. The van der Waals surface area contributed by atoms with Crippen LogP contribution in [-0.4, -0.2) is 31.3 Å². The average molecular weight is 326 g/mol. The molecule has 0 radical (unpaired) electrons. The van der Waals surface area contributed by atoms with E-state index in [9.17, 15) is 14.0 Å². The molecule has 0 saturated heterocycles. The lowest BCUT2D eigenvalue weighted by atomic mass is 10.2. The Hall–Kier alpha value is -2.31. The van der Waals surface area contributed by atoms with Crippen LogP contribution >= 0.6 is 0 Å². The number of alkyl carbamates (subject to hydrolysis) is 1. The minimum Gasteiger partial charge on any atom is -0.494 e. The van der Waals surface area contributed by atoms with Gasteiger partial charge in [-0.3, -0.25) is 4.79 Å². The van der Waals surface area contributed by atoms with Gasteiger partial charge in [-0.1, -0.05) is 0 Å². The summed E-state index contributed by atoms with van der Waals surface area (Å²) in [5, 5.41) is 5.15. The summed E-state index contributed by atoms with van der Waals surface area (Å²) < 4.78 is 23.4. The van der Waals surface area contributed by atoms with Gasteiger partial charge in [-0.25, -0.2) is 9.18 Å². The van der Waals surface area contributed by atoms with Gasteiger partial charge in [-0.05, 0) is 39.3 Å². The van der Waals surface area contributed by atoms with Crippen molar-refractivity contribution in [2.24, 2.45) is 0 Å². The number of nitrogens with one attached hydrogen (secondary N) is 2. The summed E-state index contributed by atoms with van der Waals surface area (Å²) in [4.78, 5) is 23.1. The predicted molar refractivity (Wildman–Crippen MR) is 85.1 cm³/mol. The Labute approximate surface area is 135 Å². The van der Waals surface area contributed by atoms with Crippen LogP contribution in [0, 0.1) is 5.82 Å². The highest BCUT2D eigenvalue weighted by atomic mass is 19.1. The molecule has 0 aliphatic carbocycles. The van der Waals surface area contributed by atoms with Crippen LogP contribution in [0.2, 0.25) is 0 Å². The highest BCUT2D eigenvalue weighted by molar-refractivity contribution is 5.90. The molecular weight excluding hydrogens is 303 g/mol. The minimum absolute atomic E-state index is 0.115. The van der Waals surface area contributed by atoms with E-state index in [4.69, 9.17) is 9.47 Å². The lowest BCUT2D eigenvalue weighted by Crippen LogP contribution is -2.33. The van der Waals surface area contributed by atoms with Gasteiger partial charge in [0.25, 0.3) is 0 Å². The van der Waals surface area contributed by atoms with E-state index in [0.717, 1.165) is 0 Å². The van der Waals surface area contributed by atoms with Crippen molar-refractivity contribution >= 4 is 17.7 Å². The molecule has 0 heterocycles. The number of hydrogen-bond acceptors (Lipinski definition) is 4. The van der Waals surface area contributed by atoms with Gasteiger partial charge in [0, 0.05) is 24.7 Å². The minimum atomic E-state index is -0.556. The predicted octanol–water partition coefficient (Wildman–Crippen LogP) is 3.08. The summed E-state index contributed by atoms with van der Waals surface area (Å²) in [7, 11) is 1.37. The van der Waals surface area contributed by atoms with Crippen molar-refractivity contribution in [1.29, 1.82) is 0 Å². The van der Waals surface area contributed by atoms with Crippen LogP contribution in [0.1, 0.15) is 33.6 Å². The van der Waals surface area contributed by atoms with Crippen molar-refractivity contribution in [1.82, 2.24) is 5.32 Å². The molecule has 0 fully saturated rings. The maximum atomic E-state index is 13.5. The van der Waals surface area contributed by atoms with Crippen LogP contribution in [-0.2, 0) is 9.53 Å². The van der Waals surface area contributed by atoms with E-state index in [1.807, 2.05) is 0 Å².